The Bertz CT molecular complexity index is 883. The van der Waals surface area contributed by atoms with Gasteiger partial charge in [0, 0.05) is 0 Å². The van der Waals surface area contributed by atoms with Gasteiger partial charge in [-0.2, -0.15) is 30.7 Å². The summed E-state index contributed by atoms with van der Waals surface area (Å²) in [6.45, 7) is 3.32. The number of alkyl halides is 7. The predicted octanol–water partition coefficient (Wildman–Crippen LogP) is -0.333. The van der Waals surface area contributed by atoms with Gasteiger partial charge in [0.25, 0.3) is 0 Å². The average Bonchev–Trinajstić information content (AvgIpc) is 2.45. The maximum atomic E-state index is 13.6. The molecule has 0 aliphatic carbocycles. The summed E-state index contributed by atoms with van der Waals surface area (Å²) >= 11 is 0. The van der Waals surface area contributed by atoms with Gasteiger partial charge in [-0.15, -0.1) is 0 Å². The van der Waals surface area contributed by atoms with Gasteiger partial charge >= 0.3 is 55.8 Å². The second-order valence-corrected chi connectivity index (χ2v) is 8.10. The maximum absolute atomic E-state index is 13.6. The summed E-state index contributed by atoms with van der Waals surface area (Å²) in [4.78, 5) is 0. The molecule has 0 atom stereocenters. The number of halogens is 7. The van der Waals surface area contributed by atoms with Crippen molar-refractivity contribution in [1.29, 1.82) is 0 Å². The molecule has 0 aliphatic heterocycles. The van der Waals surface area contributed by atoms with E-state index in [1.54, 1.807) is 0 Å². The number of hydrogen-bond donors (Lipinski definition) is 1. The summed E-state index contributed by atoms with van der Waals surface area (Å²) in [5.41, 5.74) is -6.00. The third-order valence-electron chi connectivity index (χ3n) is 2.56. The smallest absolute Gasteiger partial charge is 0.427 e. The van der Waals surface area contributed by atoms with Crippen LogP contribution in [-0.4, -0.2) is 33.7 Å². The van der Waals surface area contributed by atoms with Gasteiger partial charge in [0.1, 0.15) is 5.75 Å². The Morgan fingerprint density at radius 3 is 1.70 bits per heavy atom. The number of benzene rings is 1. The van der Waals surface area contributed by atoms with Crippen LogP contribution < -0.4 is 27.7 Å². The molecule has 148 valence electrons. The quantitative estimate of drug-likeness (QED) is 0.465. The molecule has 0 saturated heterocycles. The minimum Gasteiger partial charge on any atom is -0.427 e. The molecule has 0 amide bonds. The number of rotatable bonds is 7. The van der Waals surface area contributed by atoms with Crippen molar-refractivity contribution in [1.82, 2.24) is 4.13 Å². The van der Waals surface area contributed by atoms with Crippen LogP contribution in [-0.2, 0) is 20.0 Å². The summed E-state index contributed by atoms with van der Waals surface area (Å²) in [6, 6.07) is 3.57. The Kier molecular flexibility index (Phi) is 7.62. The first-order valence-corrected chi connectivity index (χ1v) is 8.95. The van der Waals surface area contributed by atoms with Crippen LogP contribution in [0.25, 0.3) is 6.08 Å². The monoisotopic (exact) mass is 438 g/mol. The van der Waals surface area contributed by atoms with Gasteiger partial charge in [0.2, 0.25) is 0 Å². The summed E-state index contributed by atoms with van der Waals surface area (Å²) in [6.07, 6.45) is -4.68. The van der Waals surface area contributed by atoms with E-state index in [2.05, 4.69) is 11.3 Å². The van der Waals surface area contributed by atoms with Crippen LogP contribution in [0.1, 0.15) is 5.56 Å². The van der Waals surface area contributed by atoms with Crippen LogP contribution in [0.15, 0.2) is 30.8 Å². The second kappa shape index (κ2) is 8.00. The topological polar surface area (TPSA) is 89.5 Å². The van der Waals surface area contributed by atoms with Crippen molar-refractivity contribution in [3.63, 3.8) is 0 Å². The molecule has 0 fully saturated rings. The maximum Gasteiger partial charge on any atom is 1.00 e. The van der Waals surface area contributed by atoms with Crippen molar-refractivity contribution in [2.45, 2.75) is 16.9 Å². The minimum absolute atomic E-state index is 0. The zero-order valence-electron chi connectivity index (χ0n) is 13.1. The van der Waals surface area contributed by atoms with E-state index in [1.807, 2.05) is 0 Å². The molecule has 16 heteroatoms. The number of nitrogens with one attached hydrogen (secondary N) is 1. The predicted molar refractivity (Wildman–Crippen MR) is 74.1 cm³/mol. The fourth-order valence-corrected chi connectivity index (χ4v) is 3.59. The first-order chi connectivity index (χ1) is 11.5. The van der Waals surface area contributed by atoms with E-state index in [0.717, 1.165) is 12.1 Å². The molecule has 0 heterocycles. The van der Waals surface area contributed by atoms with Gasteiger partial charge in [-0.1, -0.05) is 28.9 Å². The minimum atomic E-state index is -7.07. The molecule has 0 aliphatic rings. The first kappa shape index (κ1) is 25.7. The van der Waals surface area contributed by atoms with Gasteiger partial charge < -0.3 is 4.74 Å². The van der Waals surface area contributed by atoms with E-state index in [-0.39, 0.29) is 18.9 Å². The molecule has 1 aromatic rings. The molecular weight excluding hydrogens is 430 g/mol. The van der Waals surface area contributed by atoms with Crippen molar-refractivity contribution < 1.29 is 71.2 Å². The number of ether oxygens (including phenoxy) is 1. The summed E-state index contributed by atoms with van der Waals surface area (Å²) < 4.78 is 137. The zero-order valence-corrected chi connectivity index (χ0v) is 14.7. The van der Waals surface area contributed by atoms with Crippen LogP contribution in [0.3, 0.4) is 0 Å². The van der Waals surface area contributed by atoms with E-state index in [0.29, 0.717) is 17.7 Å². The van der Waals surface area contributed by atoms with Crippen molar-refractivity contribution in [2.75, 3.05) is 0 Å². The van der Waals surface area contributed by atoms with E-state index >= 15 is 0 Å². The largest absolute Gasteiger partial charge is 1.00 e. The Balaban J connectivity index is 0.00000676. The van der Waals surface area contributed by atoms with Crippen LogP contribution in [0.2, 0.25) is 0 Å². The molecule has 0 aromatic heterocycles. The second-order valence-electron chi connectivity index (χ2n) is 4.44. The van der Waals surface area contributed by atoms with Crippen molar-refractivity contribution in [2.24, 2.45) is 0 Å². The summed E-state index contributed by atoms with van der Waals surface area (Å²) in [7, 11) is -14.0. The Hall–Kier alpha value is -1.27. The number of hydrogen-bond acceptors (Lipinski definition) is 5. The molecule has 1 N–H and O–H groups in total. The molecule has 1 aromatic carbocycles. The van der Waals surface area contributed by atoms with E-state index in [1.165, 1.54) is 6.08 Å². The normalized spacial score (nSPS) is 13.6. The molecule has 27 heavy (non-hydrogen) atoms. The Labute approximate surface area is 160 Å². The SMILES string of the molecule is C=Cc1ccc(OC(F)(F)C(F)(F)S(=O)(=O)NS(=O)(=O)C(F)(F)F)cc1.[Li+]. The van der Waals surface area contributed by atoms with Crippen LogP contribution in [0.5, 0.6) is 5.75 Å². The van der Waals surface area contributed by atoms with E-state index in [4.69, 9.17) is 0 Å². The van der Waals surface area contributed by atoms with Gasteiger partial charge in [0.05, 0.1) is 0 Å². The van der Waals surface area contributed by atoms with Gasteiger partial charge in [-0.25, -0.2) is 16.8 Å². The van der Waals surface area contributed by atoms with Crippen LogP contribution in [0, 0.1) is 0 Å². The third-order valence-corrected chi connectivity index (χ3v) is 5.84. The van der Waals surface area contributed by atoms with Crippen molar-refractivity contribution in [3.05, 3.63) is 36.4 Å². The Morgan fingerprint density at radius 1 is 0.889 bits per heavy atom. The molecule has 0 spiro atoms. The van der Waals surface area contributed by atoms with Crippen molar-refractivity contribution >= 4 is 26.1 Å². The zero-order chi connectivity index (χ0) is 20.6. The molecule has 0 saturated carbocycles. The molecule has 0 unspecified atom stereocenters. The molecule has 1 rings (SSSR count). The third kappa shape index (κ3) is 5.38. The molecule has 0 radical (unpaired) electrons. The number of sulfonamides is 2. The fourth-order valence-electron chi connectivity index (χ4n) is 1.28. The summed E-state index contributed by atoms with van der Waals surface area (Å²) in [5, 5.41) is -6.38. The molecular formula is C11H8F7LiNO5S2+. The average molecular weight is 438 g/mol. The summed E-state index contributed by atoms with van der Waals surface area (Å²) in [5.74, 6) is -0.978. The van der Waals surface area contributed by atoms with Gasteiger partial charge in [-0.05, 0) is 17.7 Å². The van der Waals surface area contributed by atoms with Crippen LogP contribution >= 0.6 is 0 Å². The van der Waals surface area contributed by atoms with Gasteiger partial charge in [-0.3, -0.25) is 0 Å². The van der Waals surface area contributed by atoms with Crippen LogP contribution in [0.4, 0.5) is 30.7 Å². The van der Waals surface area contributed by atoms with E-state index in [9.17, 15) is 47.6 Å². The van der Waals surface area contributed by atoms with E-state index < -0.39 is 46.8 Å². The molecule has 6 nitrogen and oxygen atoms in total. The first-order valence-electron chi connectivity index (χ1n) is 5.98. The fraction of sp³-hybridized carbons (Fsp3) is 0.273. The Morgan fingerprint density at radius 2 is 1.33 bits per heavy atom. The van der Waals surface area contributed by atoms with Crippen molar-refractivity contribution in [3.8, 4) is 5.75 Å². The molecule has 0 bridgehead atoms. The standard InChI is InChI=1S/C11H8F7NO5S2.Li/c1-2-7-3-5-8(6-4-7)24-9(12,13)10(14,15)25(20,21)19-26(22,23)11(16,17)18;/h2-6,19H,1H2;/q;+1. The van der Waals surface area contributed by atoms with Gasteiger partial charge in [0.15, 0.2) is 0 Å².